The maximum atomic E-state index is 11.1. The van der Waals surface area contributed by atoms with Crippen LogP contribution in [0.15, 0.2) is 24.3 Å². The number of aryl methyl sites for hydroxylation is 1. The van der Waals surface area contributed by atoms with Gasteiger partial charge >= 0.3 is 5.97 Å². The van der Waals surface area contributed by atoms with Crippen LogP contribution in [0.5, 0.6) is 0 Å². The topological polar surface area (TPSA) is 43.4 Å². The number of rotatable bonds is 4. The van der Waals surface area contributed by atoms with Gasteiger partial charge in [0, 0.05) is 12.0 Å². The molecule has 0 amide bonds. The summed E-state index contributed by atoms with van der Waals surface area (Å²) in [5.41, 5.74) is 1.66. The van der Waals surface area contributed by atoms with Crippen molar-refractivity contribution < 1.29 is 14.3 Å². The van der Waals surface area contributed by atoms with E-state index in [0.717, 1.165) is 5.56 Å². The van der Waals surface area contributed by atoms with Crippen LogP contribution in [0.3, 0.4) is 0 Å². The smallest absolute Gasteiger partial charge is 0.305 e. The zero-order chi connectivity index (χ0) is 11.3. The molecule has 3 heteroatoms. The Labute approximate surface area is 89.1 Å². The standard InChI is InChI=1S/C12H14O3/c1-9(13)11-5-3-4-10(8-11)6-7-12(14)15-2/h3-5,8H,6-7H2,1-2H3. The SMILES string of the molecule is COC(=O)CCc1cccc(C(C)=O)c1. The number of Topliss-reactive ketones (excluding diaryl/α,β-unsaturated/α-hetero) is 1. The van der Waals surface area contributed by atoms with Gasteiger partial charge in [-0.05, 0) is 25.0 Å². The Balaban J connectivity index is 2.66. The lowest BCUT2D eigenvalue weighted by Gasteiger charge is -2.02. The summed E-state index contributed by atoms with van der Waals surface area (Å²) in [4.78, 5) is 22.0. The number of ether oxygens (including phenoxy) is 1. The molecule has 0 radical (unpaired) electrons. The first kappa shape index (κ1) is 11.4. The predicted molar refractivity (Wildman–Crippen MR) is 56.8 cm³/mol. The number of ketones is 1. The third-order valence-corrected chi connectivity index (χ3v) is 2.18. The number of carbonyl (C=O) groups excluding carboxylic acids is 2. The molecule has 0 aromatic heterocycles. The second-order valence-electron chi connectivity index (χ2n) is 3.33. The quantitative estimate of drug-likeness (QED) is 0.559. The Morgan fingerprint density at radius 1 is 1.33 bits per heavy atom. The highest BCUT2D eigenvalue weighted by Gasteiger charge is 2.03. The minimum Gasteiger partial charge on any atom is -0.469 e. The van der Waals surface area contributed by atoms with Gasteiger partial charge in [0.15, 0.2) is 5.78 Å². The second-order valence-corrected chi connectivity index (χ2v) is 3.33. The highest BCUT2D eigenvalue weighted by Crippen LogP contribution is 2.08. The van der Waals surface area contributed by atoms with E-state index >= 15 is 0 Å². The molecule has 1 rings (SSSR count). The summed E-state index contributed by atoms with van der Waals surface area (Å²) in [5.74, 6) is -0.196. The van der Waals surface area contributed by atoms with Crippen LogP contribution in [-0.4, -0.2) is 18.9 Å². The van der Waals surface area contributed by atoms with Crippen LogP contribution in [0.1, 0.15) is 29.3 Å². The number of hydrogen-bond donors (Lipinski definition) is 0. The molecule has 0 spiro atoms. The van der Waals surface area contributed by atoms with Gasteiger partial charge in [0.05, 0.1) is 7.11 Å². The summed E-state index contributed by atoms with van der Waals surface area (Å²) in [5, 5.41) is 0. The van der Waals surface area contributed by atoms with Crippen molar-refractivity contribution >= 4 is 11.8 Å². The molecule has 80 valence electrons. The van der Waals surface area contributed by atoms with Gasteiger partial charge < -0.3 is 4.74 Å². The summed E-state index contributed by atoms with van der Waals surface area (Å²) < 4.78 is 4.54. The highest BCUT2D eigenvalue weighted by molar-refractivity contribution is 5.94. The summed E-state index contributed by atoms with van der Waals surface area (Å²) in [6.07, 6.45) is 0.950. The van der Waals surface area contributed by atoms with Crippen molar-refractivity contribution in [2.24, 2.45) is 0 Å². The lowest BCUT2D eigenvalue weighted by atomic mass is 10.0. The average Bonchev–Trinajstić information content (AvgIpc) is 2.26. The summed E-state index contributed by atoms with van der Waals surface area (Å²) in [6, 6.07) is 7.30. The Hall–Kier alpha value is -1.64. The normalized spacial score (nSPS) is 9.73. The fraction of sp³-hybridized carbons (Fsp3) is 0.333. The number of hydrogen-bond acceptors (Lipinski definition) is 3. The fourth-order valence-corrected chi connectivity index (χ4v) is 1.29. The van der Waals surface area contributed by atoms with Gasteiger partial charge in [0.25, 0.3) is 0 Å². The Morgan fingerprint density at radius 2 is 2.07 bits per heavy atom. The van der Waals surface area contributed by atoms with Crippen molar-refractivity contribution in [3.05, 3.63) is 35.4 Å². The van der Waals surface area contributed by atoms with E-state index in [1.54, 1.807) is 6.07 Å². The molecule has 15 heavy (non-hydrogen) atoms. The molecule has 0 saturated heterocycles. The molecule has 0 aliphatic rings. The van der Waals surface area contributed by atoms with Crippen LogP contribution < -0.4 is 0 Å². The van der Waals surface area contributed by atoms with E-state index < -0.39 is 0 Å². The molecule has 0 bridgehead atoms. The zero-order valence-electron chi connectivity index (χ0n) is 8.95. The predicted octanol–water partition coefficient (Wildman–Crippen LogP) is 1.99. The van der Waals surface area contributed by atoms with E-state index in [1.165, 1.54) is 14.0 Å². The molecule has 0 atom stereocenters. The highest BCUT2D eigenvalue weighted by atomic mass is 16.5. The Bertz CT molecular complexity index is 369. The first-order valence-electron chi connectivity index (χ1n) is 4.80. The number of benzene rings is 1. The summed E-state index contributed by atoms with van der Waals surface area (Å²) in [7, 11) is 1.37. The van der Waals surface area contributed by atoms with Crippen LogP contribution >= 0.6 is 0 Å². The van der Waals surface area contributed by atoms with Crippen molar-refractivity contribution in [2.75, 3.05) is 7.11 Å². The van der Waals surface area contributed by atoms with E-state index in [1.807, 2.05) is 18.2 Å². The van der Waals surface area contributed by atoms with Gasteiger partial charge in [-0.1, -0.05) is 18.2 Å². The third-order valence-electron chi connectivity index (χ3n) is 2.18. The first-order valence-corrected chi connectivity index (χ1v) is 4.80. The molecule has 0 heterocycles. The van der Waals surface area contributed by atoms with Gasteiger partial charge in [-0.3, -0.25) is 9.59 Å². The number of methoxy groups -OCH3 is 1. The van der Waals surface area contributed by atoms with Gasteiger partial charge in [-0.2, -0.15) is 0 Å². The van der Waals surface area contributed by atoms with Gasteiger partial charge in [-0.25, -0.2) is 0 Å². The molecule has 1 aromatic carbocycles. The Kier molecular flexibility index (Phi) is 4.03. The monoisotopic (exact) mass is 206 g/mol. The van der Waals surface area contributed by atoms with Gasteiger partial charge in [-0.15, -0.1) is 0 Å². The van der Waals surface area contributed by atoms with Crippen LogP contribution in [0, 0.1) is 0 Å². The van der Waals surface area contributed by atoms with E-state index in [4.69, 9.17) is 0 Å². The fourth-order valence-electron chi connectivity index (χ4n) is 1.29. The minimum absolute atomic E-state index is 0.0370. The third kappa shape index (κ3) is 3.54. The molecular weight excluding hydrogens is 192 g/mol. The number of esters is 1. The van der Waals surface area contributed by atoms with Crippen molar-refractivity contribution in [1.29, 1.82) is 0 Å². The molecule has 0 fully saturated rings. The molecule has 3 nitrogen and oxygen atoms in total. The van der Waals surface area contributed by atoms with Crippen LogP contribution in [0.25, 0.3) is 0 Å². The lowest BCUT2D eigenvalue weighted by molar-refractivity contribution is -0.140. The molecule has 0 unspecified atom stereocenters. The maximum Gasteiger partial charge on any atom is 0.305 e. The lowest BCUT2D eigenvalue weighted by Crippen LogP contribution is -2.02. The van der Waals surface area contributed by atoms with Gasteiger partial charge in [0.2, 0.25) is 0 Å². The number of carbonyl (C=O) groups is 2. The van der Waals surface area contributed by atoms with E-state index in [9.17, 15) is 9.59 Å². The maximum absolute atomic E-state index is 11.1. The van der Waals surface area contributed by atoms with Gasteiger partial charge in [0.1, 0.15) is 0 Å². The minimum atomic E-state index is -0.233. The second kappa shape index (κ2) is 5.29. The van der Waals surface area contributed by atoms with Crippen molar-refractivity contribution in [1.82, 2.24) is 0 Å². The van der Waals surface area contributed by atoms with Crippen molar-refractivity contribution in [2.45, 2.75) is 19.8 Å². The van der Waals surface area contributed by atoms with E-state index in [-0.39, 0.29) is 11.8 Å². The molecule has 0 aliphatic heterocycles. The van der Waals surface area contributed by atoms with Crippen LogP contribution in [-0.2, 0) is 16.0 Å². The zero-order valence-corrected chi connectivity index (χ0v) is 8.95. The summed E-state index contributed by atoms with van der Waals surface area (Å²) >= 11 is 0. The summed E-state index contributed by atoms with van der Waals surface area (Å²) in [6.45, 7) is 1.53. The molecule has 0 aliphatic carbocycles. The molecular formula is C12H14O3. The largest absolute Gasteiger partial charge is 0.469 e. The molecule has 0 saturated carbocycles. The first-order chi connectivity index (χ1) is 7.13. The van der Waals surface area contributed by atoms with Crippen molar-refractivity contribution in [3.63, 3.8) is 0 Å². The van der Waals surface area contributed by atoms with Crippen LogP contribution in [0.2, 0.25) is 0 Å². The van der Waals surface area contributed by atoms with Crippen molar-refractivity contribution in [3.8, 4) is 0 Å². The Morgan fingerprint density at radius 3 is 2.67 bits per heavy atom. The van der Waals surface area contributed by atoms with E-state index in [2.05, 4.69) is 4.74 Å². The van der Waals surface area contributed by atoms with Crippen LogP contribution in [0.4, 0.5) is 0 Å². The molecule has 0 N–H and O–H groups in total. The average molecular weight is 206 g/mol. The molecule has 1 aromatic rings. The van der Waals surface area contributed by atoms with E-state index in [0.29, 0.717) is 18.4 Å².